The van der Waals surface area contributed by atoms with Crippen LogP contribution in [0.5, 0.6) is 0 Å². The van der Waals surface area contributed by atoms with Crippen molar-refractivity contribution in [2.24, 2.45) is 5.92 Å². The molecular weight excluding hydrogens is 330 g/mol. The van der Waals surface area contributed by atoms with Gasteiger partial charge in [-0.1, -0.05) is 51.1 Å². The minimum Gasteiger partial charge on any atom is -0.413 e. The maximum absolute atomic E-state index is 12.4. The van der Waals surface area contributed by atoms with Crippen LogP contribution in [-0.4, -0.2) is 37.7 Å². The summed E-state index contributed by atoms with van der Waals surface area (Å²) >= 11 is 0. The van der Waals surface area contributed by atoms with E-state index < -0.39 is 8.32 Å². The molecule has 1 fully saturated rings. The number of nitrogens with zero attached hydrogens (tertiary/aromatic N) is 1. The molecule has 0 spiro atoms. The van der Waals surface area contributed by atoms with Crippen molar-refractivity contribution in [1.29, 1.82) is 0 Å². The Morgan fingerprint density at radius 2 is 1.88 bits per heavy atom. The number of likely N-dealkylation sites (tertiary alicyclic amines) is 1. The number of aryl methyl sites for hydroxylation is 1. The lowest BCUT2D eigenvalue weighted by atomic mass is 9.93. The smallest absolute Gasteiger partial charge is 0.236 e. The Labute approximate surface area is 152 Å². The van der Waals surface area contributed by atoms with Gasteiger partial charge in [0.25, 0.3) is 0 Å². The quantitative estimate of drug-likeness (QED) is 0.568. The van der Waals surface area contributed by atoms with E-state index >= 15 is 0 Å². The minimum atomic E-state index is -1.91. The van der Waals surface area contributed by atoms with Gasteiger partial charge < -0.3 is 4.43 Å². The highest BCUT2D eigenvalue weighted by Gasteiger charge is 2.47. The van der Waals surface area contributed by atoms with Crippen LogP contribution in [0.3, 0.4) is 0 Å². The molecule has 0 unspecified atom stereocenters. The van der Waals surface area contributed by atoms with E-state index in [1.165, 1.54) is 4.90 Å². The van der Waals surface area contributed by atoms with Gasteiger partial charge in [-0.2, -0.15) is 0 Å². The zero-order valence-electron chi connectivity index (χ0n) is 16.3. The summed E-state index contributed by atoms with van der Waals surface area (Å²) in [5, 5.41) is 0.110. The van der Waals surface area contributed by atoms with Crippen LogP contribution < -0.4 is 0 Å². The van der Waals surface area contributed by atoms with Gasteiger partial charge in [-0.25, -0.2) is 0 Å². The van der Waals surface area contributed by atoms with Crippen LogP contribution in [0, 0.1) is 5.92 Å². The maximum atomic E-state index is 12.4. The number of carbonyl (C=O) groups excluding carboxylic acids is 2. The summed E-state index contributed by atoms with van der Waals surface area (Å²) in [6.07, 6.45) is 0.913. The van der Waals surface area contributed by atoms with Crippen molar-refractivity contribution >= 4 is 20.1 Å². The fourth-order valence-electron chi connectivity index (χ4n) is 2.78. The first-order valence-electron chi connectivity index (χ1n) is 9.09. The van der Waals surface area contributed by atoms with Gasteiger partial charge in [0.05, 0.1) is 12.0 Å². The molecular formula is C20H31NO3Si. The van der Waals surface area contributed by atoms with Gasteiger partial charge >= 0.3 is 0 Å². The van der Waals surface area contributed by atoms with E-state index in [0.29, 0.717) is 19.4 Å². The fraction of sp³-hybridized carbons (Fsp3) is 0.600. The summed E-state index contributed by atoms with van der Waals surface area (Å²) in [4.78, 5) is 26.1. The number of carbonyl (C=O) groups is 2. The third kappa shape index (κ3) is 4.58. The van der Waals surface area contributed by atoms with Gasteiger partial charge in [-0.3, -0.25) is 14.5 Å². The van der Waals surface area contributed by atoms with Crippen molar-refractivity contribution in [2.75, 3.05) is 6.54 Å². The Hall–Kier alpha value is -1.46. The van der Waals surface area contributed by atoms with Crippen molar-refractivity contribution in [1.82, 2.24) is 4.90 Å². The van der Waals surface area contributed by atoms with E-state index in [1.54, 1.807) is 0 Å². The number of rotatable bonds is 6. The van der Waals surface area contributed by atoms with E-state index in [0.717, 1.165) is 5.56 Å². The number of benzene rings is 1. The van der Waals surface area contributed by atoms with E-state index in [-0.39, 0.29) is 28.9 Å². The first kappa shape index (κ1) is 19.9. The van der Waals surface area contributed by atoms with Crippen molar-refractivity contribution in [2.45, 2.75) is 64.8 Å². The molecule has 4 nitrogen and oxygen atoms in total. The molecule has 0 N–H and O–H groups in total. The Balaban J connectivity index is 1.85. The topological polar surface area (TPSA) is 46.6 Å². The molecule has 2 amide bonds. The standard InChI is InChI=1S/C20H31NO3Si/c1-15(24-25(5,6)20(2,3)4)17-14-21(19(17)23)18(22)13-12-16-10-8-7-9-11-16/h7-11,15,17H,12-14H2,1-6H3/t15-,17+/m1/s1. The van der Waals surface area contributed by atoms with Crippen LogP contribution in [0.1, 0.15) is 39.7 Å². The second-order valence-electron chi connectivity index (χ2n) is 8.52. The molecule has 25 heavy (non-hydrogen) atoms. The van der Waals surface area contributed by atoms with E-state index in [4.69, 9.17) is 4.43 Å². The molecule has 1 aliphatic rings. The number of hydrogen-bond donors (Lipinski definition) is 0. The molecule has 2 atom stereocenters. The molecule has 0 aromatic heterocycles. The van der Waals surface area contributed by atoms with Crippen LogP contribution in [0.25, 0.3) is 0 Å². The number of imide groups is 1. The number of hydrogen-bond acceptors (Lipinski definition) is 3. The van der Waals surface area contributed by atoms with Crippen molar-refractivity contribution in [3.8, 4) is 0 Å². The summed E-state index contributed by atoms with van der Waals surface area (Å²) in [5.74, 6) is -0.344. The first-order chi connectivity index (χ1) is 11.5. The van der Waals surface area contributed by atoms with Crippen molar-refractivity contribution < 1.29 is 14.0 Å². The summed E-state index contributed by atoms with van der Waals surface area (Å²) in [6.45, 7) is 13.4. The average Bonchev–Trinajstić information content (AvgIpc) is 2.51. The molecule has 1 aliphatic heterocycles. The first-order valence-corrected chi connectivity index (χ1v) is 12.0. The number of amides is 2. The molecule has 0 radical (unpaired) electrons. The Bertz CT molecular complexity index is 622. The molecule has 0 saturated carbocycles. The van der Waals surface area contributed by atoms with Gasteiger partial charge in [0, 0.05) is 13.0 Å². The minimum absolute atomic E-state index is 0.0790. The van der Waals surface area contributed by atoms with E-state index in [2.05, 4.69) is 33.9 Å². The highest BCUT2D eigenvalue weighted by molar-refractivity contribution is 6.74. The van der Waals surface area contributed by atoms with E-state index in [1.807, 2.05) is 37.3 Å². The monoisotopic (exact) mass is 361 g/mol. The lowest BCUT2D eigenvalue weighted by molar-refractivity contribution is -0.162. The molecule has 1 aromatic rings. The predicted octanol–water partition coefficient (Wildman–Crippen LogP) is 4.01. The summed E-state index contributed by atoms with van der Waals surface area (Å²) < 4.78 is 6.31. The zero-order chi connectivity index (χ0) is 18.8. The Morgan fingerprint density at radius 3 is 2.40 bits per heavy atom. The maximum Gasteiger partial charge on any atom is 0.236 e. The third-order valence-corrected chi connectivity index (χ3v) is 10.2. The second kappa shape index (κ2) is 7.42. The lowest BCUT2D eigenvalue weighted by Crippen LogP contribution is -2.60. The van der Waals surface area contributed by atoms with Crippen LogP contribution >= 0.6 is 0 Å². The summed E-state index contributed by atoms with van der Waals surface area (Å²) in [5.41, 5.74) is 1.12. The molecule has 1 heterocycles. The van der Waals surface area contributed by atoms with Crippen LogP contribution in [0.4, 0.5) is 0 Å². The Kier molecular flexibility index (Phi) is 5.89. The Morgan fingerprint density at radius 1 is 1.28 bits per heavy atom. The molecule has 0 bridgehead atoms. The lowest BCUT2D eigenvalue weighted by Gasteiger charge is -2.45. The molecule has 2 rings (SSSR count). The molecule has 1 aromatic carbocycles. The summed E-state index contributed by atoms with van der Waals surface area (Å²) in [7, 11) is -1.91. The molecule has 1 saturated heterocycles. The van der Waals surface area contributed by atoms with Gasteiger partial charge in [0.2, 0.25) is 11.8 Å². The van der Waals surface area contributed by atoms with Gasteiger partial charge in [0.15, 0.2) is 8.32 Å². The normalized spacial score (nSPS) is 19.5. The van der Waals surface area contributed by atoms with Crippen LogP contribution in [0.2, 0.25) is 18.1 Å². The highest BCUT2D eigenvalue weighted by atomic mass is 28.4. The molecule has 0 aliphatic carbocycles. The fourth-order valence-corrected chi connectivity index (χ4v) is 4.23. The van der Waals surface area contributed by atoms with Crippen molar-refractivity contribution in [3.63, 3.8) is 0 Å². The van der Waals surface area contributed by atoms with Crippen molar-refractivity contribution in [3.05, 3.63) is 35.9 Å². The van der Waals surface area contributed by atoms with Gasteiger partial charge in [-0.15, -0.1) is 0 Å². The van der Waals surface area contributed by atoms with Crippen LogP contribution in [0.15, 0.2) is 30.3 Å². The highest BCUT2D eigenvalue weighted by Crippen LogP contribution is 2.39. The largest absolute Gasteiger partial charge is 0.413 e. The zero-order valence-corrected chi connectivity index (χ0v) is 17.3. The average molecular weight is 362 g/mol. The predicted molar refractivity (Wildman–Crippen MR) is 103 cm³/mol. The molecule has 5 heteroatoms. The summed E-state index contributed by atoms with van der Waals surface area (Å²) in [6, 6.07) is 9.89. The van der Waals surface area contributed by atoms with Gasteiger partial charge in [-0.05, 0) is 37.0 Å². The SMILES string of the molecule is C[C@@H](O[Si](C)(C)C(C)(C)C)[C@@H]1CN(C(=O)CCc2ccccc2)C1=O. The van der Waals surface area contributed by atoms with Gasteiger partial charge in [0.1, 0.15) is 0 Å². The van der Waals surface area contributed by atoms with E-state index in [9.17, 15) is 9.59 Å². The second-order valence-corrected chi connectivity index (χ2v) is 13.3. The molecule has 138 valence electrons. The third-order valence-electron chi connectivity index (χ3n) is 5.59. The number of β-lactam (4-membered cyclic amide) rings is 1. The van der Waals surface area contributed by atoms with Crippen LogP contribution in [-0.2, 0) is 20.4 Å².